The molecule has 2 rings (SSSR count). The van der Waals surface area contributed by atoms with E-state index in [1.54, 1.807) is 19.9 Å². The number of carbonyl (C=O) groups excluding carboxylic acids is 1. The molecule has 24 heavy (non-hydrogen) atoms. The summed E-state index contributed by atoms with van der Waals surface area (Å²) >= 11 is 0. The number of hydrogen-bond donors (Lipinski definition) is 2. The number of rotatable bonds is 6. The standard InChI is InChI=1S/C18H23NO5/c1-10-8-14(23-13(4)17(21)19-6-5-7-20)16-11(2)12(3)18(22)24-15(16)9-10/h8-9,13,20H,5-7H2,1-4H3,(H,19,21)/t13-/m0/s1. The molecule has 0 unspecified atom stereocenters. The fourth-order valence-corrected chi connectivity index (χ4v) is 2.46. The number of benzene rings is 1. The van der Waals surface area contributed by atoms with Gasteiger partial charge in [0, 0.05) is 18.7 Å². The normalized spacial score (nSPS) is 12.2. The number of amides is 1. The summed E-state index contributed by atoms with van der Waals surface area (Å²) in [6.45, 7) is 7.48. The largest absolute Gasteiger partial charge is 0.480 e. The molecule has 6 heteroatoms. The molecular formula is C18H23NO5. The van der Waals surface area contributed by atoms with Crippen LogP contribution in [0.3, 0.4) is 0 Å². The molecule has 0 bridgehead atoms. The van der Waals surface area contributed by atoms with Crippen molar-refractivity contribution < 1.29 is 19.1 Å². The smallest absolute Gasteiger partial charge is 0.339 e. The molecule has 6 nitrogen and oxygen atoms in total. The third-order valence-electron chi connectivity index (χ3n) is 3.96. The molecule has 1 amide bonds. The Morgan fingerprint density at radius 3 is 2.67 bits per heavy atom. The summed E-state index contributed by atoms with van der Waals surface area (Å²) in [6.07, 6.45) is -0.213. The van der Waals surface area contributed by atoms with Crippen LogP contribution in [0.5, 0.6) is 5.75 Å². The summed E-state index contributed by atoms with van der Waals surface area (Å²) in [6, 6.07) is 3.61. The lowest BCUT2D eigenvalue weighted by Crippen LogP contribution is -2.37. The maximum absolute atomic E-state index is 12.1. The Balaban J connectivity index is 2.36. The van der Waals surface area contributed by atoms with Gasteiger partial charge >= 0.3 is 5.63 Å². The van der Waals surface area contributed by atoms with Crippen molar-refractivity contribution in [2.45, 2.75) is 40.2 Å². The number of aliphatic hydroxyl groups is 1. The van der Waals surface area contributed by atoms with Gasteiger partial charge in [0.2, 0.25) is 0 Å². The second-order valence-electron chi connectivity index (χ2n) is 5.90. The van der Waals surface area contributed by atoms with Crippen molar-refractivity contribution in [3.8, 4) is 5.75 Å². The van der Waals surface area contributed by atoms with Crippen LogP contribution in [0.15, 0.2) is 21.3 Å². The lowest BCUT2D eigenvalue weighted by atomic mass is 10.0. The van der Waals surface area contributed by atoms with E-state index < -0.39 is 6.10 Å². The number of carbonyl (C=O) groups is 1. The zero-order valence-electron chi connectivity index (χ0n) is 14.4. The van der Waals surface area contributed by atoms with Crippen LogP contribution in [-0.2, 0) is 4.79 Å². The molecule has 2 aromatic rings. The van der Waals surface area contributed by atoms with E-state index in [0.29, 0.717) is 35.2 Å². The molecule has 1 aromatic carbocycles. The number of ether oxygens (including phenoxy) is 1. The highest BCUT2D eigenvalue weighted by Gasteiger charge is 2.18. The van der Waals surface area contributed by atoms with Gasteiger partial charge in [0.05, 0.1) is 5.39 Å². The number of aryl methyl sites for hydroxylation is 2. The number of fused-ring (bicyclic) bond motifs is 1. The first-order valence-electron chi connectivity index (χ1n) is 7.95. The Morgan fingerprint density at radius 1 is 1.29 bits per heavy atom. The average Bonchev–Trinajstić information content (AvgIpc) is 2.52. The van der Waals surface area contributed by atoms with Gasteiger partial charge in [-0.25, -0.2) is 4.79 Å². The van der Waals surface area contributed by atoms with Gasteiger partial charge in [0.1, 0.15) is 11.3 Å². The Labute approximate surface area is 140 Å². The Hall–Kier alpha value is -2.34. The van der Waals surface area contributed by atoms with Crippen LogP contribution in [0.25, 0.3) is 11.0 Å². The lowest BCUT2D eigenvalue weighted by molar-refractivity contribution is -0.127. The van der Waals surface area contributed by atoms with E-state index in [9.17, 15) is 9.59 Å². The van der Waals surface area contributed by atoms with Gasteiger partial charge in [0.15, 0.2) is 6.10 Å². The summed E-state index contributed by atoms with van der Waals surface area (Å²) in [7, 11) is 0. The van der Waals surface area contributed by atoms with Crippen molar-refractivity contribution in [2.24, 2.45) is 0 Å². The quantitative estimate of drug-likeness (QED) is 0.623. The molecule has 1 heterocycles. The van der Waals surface area contributed by atoms with E-state index in [1.807, 2.05) is 19.9 Å². The molecule has 0 saturated carbocycles. The average molecular weight is 333 g/mol. The monoisotopic (exact) mass is 333 g/mol. The van der Waals surface area contributed by atoms with Crippen LogP contribution in [0, 0.1) is 20.8 Å². The van der Waals surface area contributed by atoms with E-state index in [0.717, 1.165) is 11.1 Å². The minimum Gasteiger partial charge on any atom is -0.480 e. The highest BCUT2D eigenvalue weighted by Crippen LogP contribution is 2.31. The van der Waals surface area contributed by atoms with Crippen LogP contribution in [0.4, 0.5) is 0 Å². The first-order valence-corrected chi connectivity index (χ1v) is 7.95. The Bertz CT molecular complexity index is 809. The van der Waals surface area contributed by atoms with Crippen LogP contribution in [-0.4, -0.2) is 30.3 Å². The topological polar surface area (TPSA) is 88.8 Å². The van der Waals surface area contributed by atoms with Crippen molar-refractivity contribution >= 4 is 16.9 Å². The molecule has 0 radical (unpaired) electrons. The summed E-state index contributed by atoms with van der Waals surface area (Å²) in [4.78, 5) is 23.9. The molecule has 0 fully saturated rings. The number of hydrogen-bond acceptors (Lipinski definition) is 5. The van der Waals surface area contributed by atoms with E-state index >= 15 is 0 Å². The van der Waals surface area contributed by atoms with Gasteiger partial charge in [0.25, 0.3) is 5.91 Å². The number of aliphatic hydroxyl groups excluding tert-OH is 1. The Kier molecular flexibility index (Phi) is 5.62. The van der Waals surface area contributed by atoms with Crippen LogP contribution in [0.2, 0.25) is 0 Å². The third-order valence-corrected chi connectivity index (χ3v) is 3.96. The summed E-state index contributed by atoms with van der Waals surface area (Å²) < 4.78 is 11.2. The van der Waals surface area contributed by atoms with Gasteiger partial charge in [-0.1, -0.05) is 0 Å². The SMILES string of the molecule is Cc1cc(O[C@@H](C)C(=O)NCCCO)c2c(C)c(C)c(=O)oc2c1. The van der Waals surface area contributed by atoms with Crippen molar-refractivity contribution in [1.29, 1.82) is 0 Å². The second-order valence-corrected chi connectivity index (χ2v) is 5.90. The minimum absolute atomic E-state index is 0.0234. The molecule has 1 aromatic heterocycles. The van der Waals surface area contributed by atoms with Gasteiger partial charge in [-0.3, -0.25) is 4.79 Å². The molecule has 0 aliphatic carbocycles. The minimum atomic E-state index is -0.708. The molecule has 2 N–H and O–H groups in total. The van der Waals surface area contributed by atoms with E-state index in [4.69, 9.17) is 14.3 Å². The predicted octanol–water partition coefficient (Wildman–Crippen LogP) is 1.98. The van der Waals surface area contributed by atoms with Crippen molar-refractivity contribution in [2.75, 3.05) is 13.2 Å². The molecule has 0 aliphatic heterocycles. The fourth-order valence-electron chi connectivity index (χ4n) is 2.46. The maximum atomic E-state index is 12.1. The first kappa shape index (κ1) is 18.0. The summed E-state index contributed by atoms with van der Waals surface area (Å²) in [5.74, 6) is 0.254. The predicted molar refractivity (Wildman–Crippen MR) is 91.5 cm³/mol. The van der Waals surface area contributed by atoms with Gasteiger partial charge in [-0.2, -0.15) is 0 Å². The van der Waals surface area contributed by atoms with E-state index in [-0.39, 0.29) is 18.1 Å². The van der Waals surface area contributed by atoms with Crippen LogP contribution >= 0.6 is 0 Å². The maximum Gasteiger partial charge on any atom is 0.339 e. The van der Waals surface area contributed by atoms with Crippen molar-refractivity contribution in [3.63, 3.8) is 0 Å². The van der Waals surface area contributed by atoms with Crippen LogP contribution < -0.4 is 15.7 Å². The summed E-state index contributed by atoms with van der Waals surface area (Å²) in [5.41, 5.74) is 2.26. The molecule has 130 valence electrons. The van der Waals surface area contributed by atoms with E-state index in [1.165, 1.54) is 0 Å². The van der Waals surface area contributed by atoms with Gasteiger partial charge in [-0.05, 0) is 57.4 Å². The number of nitrogens with one attached hydrogen (secondary N) is 1. The molecular weight excluding hydrogens is 310 g/mol. The highest BCUT2D eigenvalue weighted by atomic mass is 16.5. The summed E-state index contributed by atoms with van der Waals surface area (Å²) in [5, 5.41) is 12.2. The third kappa shape index (κ3) is 3.76. The fraction of sp³-hybridized carbons (Fsp3) is 0.444. The van der Waals surface area contributed by atoms with Crippen molar-refractivity contribution in [1.82, 2.24) is 5.32 Å². The molecule has 0 aliphatic rings. The molecule has 1 atom stereocenters. The first-order chi connectivity index (χ1) is 11.3. The lowest BCUT2D eigenvalue weighted by Gasteiger charge is -2.17. The van der Waals surface area contributed by atoms with Crippen LogP contribution in [0.1, 0.15) is 30.0 Å². The van der Waals surface area contributed by atoms with Crippen molar-refractivity contribution in [3.05, 3.63) is 39.2 Å². The molecule has 0 spiro atoms. The Morgan fingerprint density at radius 2 is 2.00 bits per heavy atom. The van der Waals surface area contributed by atoms with E-state index in [2.05, 4.69) is 5.32 Å². The van der Waals surface area contributed by atoms with Gasteiger partial charge < -0.3 is 19.6 Å². The zero-order chi connectivity index (χ0) is 17.9. The molecule has 0 saturated heterocycles. The zero-order valence-corrected chi connectivity index (χ0v) is 14.4. The highest BCUT2D eigenvalue weighted by molar-refractivity contribution is 5.89. The second kappa shape index (κ2) is 7.49. The van der Waals surface area contributed by atoms with Gasteiger partial charge in [-0.15, -0.1) is 0 Å².